The summed E-state index contributed by atoms with van der Waals surface area (Å²) in [5.74, 6) is -0.826. The van der Waals surface area contributed by atoms with Crippen molar-refractivity contribution < 1.29 is 20.1 Å². The molecule has 1 saturated heterocycles. The van der Waals surface area contributed by atoms with Gasteiger partial charge in [-0.2, -0.15) is 0 Å². The number of hydrogen-bond donors (Lipinski definition) is 3. The van der Waals surface area contributed by atoms with Crippen molar-refractivity contribution in [3.8, 4) is 11.5 Å². The summed E-state index contributed by atoms with van der Waals surface area (Å²) < 4.78 is 0. The third kappa shape index (κ3) is 1.73. The molecule has 0 atom stereocenters. The Hall–Kier alpha value is -1.75. The summed E-state index contributed by atoms with van der Waals surface area (Å²) in [4.78, 5) is 13.1. The maximum atomic E-state index is 11.7. The molecule has 0 aromatic heterocycles. The van der Waals surface area contributed by atoms with Gasteiger partial charge in [-0.05, 0) is 18.2 Å². The Kier molecular flexibility index (Phi) is 2.24. The normalized spacial score (nSPS) is 16.2. The third-order valence-corrected chi connectivity index (χ3v) is 2.37. The van der Waals surface area contributed by atoms with Gasteiger partial charge in [0.25, 0.3) is 5.91 Å². The summed E-state index contributed by atoms with van der Waals surface area (Å²) in [5, 5.41) is 27.3. The maximum absolute atomic E-state index is 11.7. The minimum absolute atomic E-state index is 0.254. The zero-order valence-corrected chi connectivity index (χ0v) is 7.92. The number of β-amino-alcohol motifs (C(OH)–C–C–N with tert-alkyl or cyclic N) is 1. The number of likely N-dealkylation sites (tertiary alicyclic amines) is 1. The first-order valence-electron chi connectivity index (χ1n) is 4.57. The van der Waals surface area contributed by atoms with Crippen molar-refractivity contribution in [2.24, 2.45) is 0 Å². The summed E-state index contributed by atoms with van der Waals surface area (Å²) in [6.45, 7) is 0.640. The Morgan fingerprint density at radius 2 is 1.93 bits per heavy atom. The number of aromatic hydroxyl groups is 2. The molecule has 0 bridgehead atoms. The van der Waals surface area contributed by atoms with Gasteiger partial charge in [0.15, 0.2) is 11.5 Å². The Bertz CT molecular complexity index is 398. The number of phenols is 2. The van der Waals surface area contributed by atoms with Gasteiger partial charge in [0.1, 0.15) is 0 Å². The first kappa shape index (κ1) is 9.79. The second kappa shape index (κ2) is 3.43. The van der Waals surface area contributed by atoms with Crippen molar-refractivity contribution in [1.82, 2.24) is 4.90 Å². The van der Waals surface area contributed by atoms with E-state index in [0.29, 0.717) is 18.7 Å². The van der Waals surface area contributed by atoms with Crippen LogP contribution in [-0.2, 0) is 0 Å². The monoisotopic (exact) mass is 209 g/mol. The number of carbonyl (C=O) groups is 1. The zero-order valence-electron chi connectivity index (χ0n) is 7.92. The van der Waals surface area contributed by atoms with E-state index in [-0.39, 0.29) is 17.4 Å². The molecule has 1 heterocycles. The molecule has 3 N–H and O–H groups in total. The highest BCUT2D eigenvalue weighted by molar-refractivity contribution is 5.95. The molecular formula is C10H11NO4. The molecule has 0 aliphatic carbocycles. The molecule has 0 spiro atoms. The van der Waals surface area contributed by atoms with Crippen LogP contribution in [0.5, 0.6) is 11.5 Å². The van der Waals surface area contributed by atoms with Crippen molar-refractivity contribution in [3.05, 3.63) is 23.8 Å². The van der Waals surface area contributed by atoms with Crippen LogP contribution in [0.1, 0.15) is 10.4 Å². The van der Waals surface area contributed by atoms with Gasteiger partial charge in [0, 0.05) is 18.7 Å². The summed E-state index contributed by atoms with van der Waals surface area (Å²) in [5.41, 5.74) is 0.303. The van der Waals surface area contributed by atoms with Crippen LogP contribution in [0, 0.1) is 0 Å². The quantitative estimate of drug-likeness (QED) is 0.565. The van der Waals surface area contributed by atoms with E-state index in [9.17, 15) is 9.90 Å². The highest BCUT2D eigenvalue weighted by atomic mass is 16.3. The number of hydrogen-bond acceptors (Lipinski definition) is 4. The Labute approximate surface area is 86.2 Å². The molecule has 0 unspecified atom stereocenters. The van der Waals surface area contributed by atoms with E-state index in [0.717, 1.165) is 0 Å². The standard InChI is InChI=1S/C10H11NO4/c12-7-4-11(5-7)10(15)6-1-2-8(13)9(14)3-6/h1-3,7,12-14H,4-5H2. The smallest absolute Gasteiger partial charge is 0.254 e. The van der Waals surface area contributed by atoms with Crippen LogP contribution in [0.2, 0.25) is 0 Å². The predicted octanol–water partition coefficient (Wildman–Crippen LogP) is -0.0855. The molecule has 15 heavy (non-hydrogen) atoms. The maximum Gasteiger partial charge on any atom is 0.254 e. The van der Waals surface area contributed by atoms with Gasteiger partial charge in [-0.3, -0.25) is 4.79 Å². The van der Waals surface area contributed by atoms with Crippen molar-refractivity contribution in [2.75, 3.05) is 13.1 Å². The molecule has 1 amide bonds. The summed E-state index contributed by atoms with van der Waals surface area (Å²) >= 11 is 0. The topological polar surface area (TPSA) is 81.0 Å². The van der Waals surface area contributed by atoms with Crippen LogP contribution in [0.3, 0.4) is 0 Å². The average Bonchev–Trinajstić information content (AvgIpc) is 2.16. The third-order valence-electron chi connectivity index (χ3n) is 2.37. The second-order valence-electron chi connectivity index (χ2n) is 3.57. The van der Waals surface area contributed by atoms with E-state index >= 15 is 0 Å². The van der Waals surface area contributed by atoms with Crippen LogP contribution in [0.25, 0.3) is 0 Å². The number of aliphatic hydroxyl groups is 1. The molecule has 1 fully saturated rings. The van der Waals surface area contributed by atoms with Crippen LogP contribution >= 0.6 is 0 Å². The Balaban J connectivity index is 2.16. The minimum atomic E-state index is -0.445. The first-order valence-corrected chi connectivity index (χ1v) is 4.57. The predicted molar refractivity (Wildman–Crippen MR) is 51.7 cm³/mol. The van der Waals surface area contributed by atoms with Gasteiger partial charge in [-0.1, -0.05) is 0 Å². The van der Waals surface area contributed by atoms with Crippen molar-refractivity contribution >= 4 is 5.91 Å². The number of benzene rings is 1. The lowest BCUT2D eigenvalue weighted by molar-refractivity contribution is 0.00587. The summed E-state index contributed by atoms with van der Waals surface area (Å²) in [7, 11) is 0. The van der Waals surface area contributed by atoms with Gasteiger partial charge in [0.05, 0.1) is 6.10 Å². The molecule has 0 radical (unpaired) electrons. The van der Waals surface area contributed by atoms with E-state index in [1.54, 1.807) is 0 Å². The number of carbonyl (C=O) groups excluding carboxylic acids is 1. The molecule has 1 aliphatic heterocycles. The van der Waals surface area contributed by atoms with E-state index in [1.807, 2.05) is 0 Å². The van der Waals surface area contributed by atoms with Crippen molar-refractivity contribution in [1.29, 1.82) is 0 Å². The van der Waals surface area contributed by atoms with Crippen molar-refractivity contribution in [2.45, 2.75) is 6.10 Å². The first-order chi connectivity index (χ1) is 7.08. The number of phenolic OH excluding ortho intramolecular Hbond substituents is 2. The molecule has 5 nitrogen and oxygen atoms in total. The van der Waals surface area contributed by atoms with Gasteiger partial charge in [-0.25, -0.2) is 0 Å². The fourth-order valence-electron chi connectivity index (χ4n) is 1.46. The molecule has 5 heteroatoms. The molecular weight excluding hydrogens is 198 g/mol. The van der Waals surface area contributed by atoms with Gasteiger partial charge in [0.2, 0.25) is 0 Å². The molecule has 2 rings (SSSR count). The van der Waals surface area contributed by atoms with Crippen LogP contribution in [0.4, 0.5) is 0 Å². The molecule has 1 aromatic rings. The van der Waals surface area contributed by atoms with Crippen LogP contribution < -0.4 is 0 Å². The van der Waals surface area contributed by atoms with E-state index in [2.05, 4.69) is 0 Å². The molecule has 1 aromatic carbocycles. The van der Waals surface area contributed by atoms with Crippen LogP contribution in [-0.4, -0.2) is 45.3 Å². The Morgan fingerprint density at radius 1 is 1.27 bits per heavy atom. The molecule has 80 valence electrons. The largest absolute Gasteiger partial charge is 0.504 e. The van der Waals surface area contributed by atoms with E-state index in [1.165, 1.54) is 23.1 Å². The number of amides is 1. The number of aliphatic hydroxyl groups excluding tert-OH is 1. The highest BCUT2D eigenvalue weighted by Crippen LogP contribution is 2.26. The van der Waals surface area contributed by atoms with Gasteiger partial charge in [-0.15, -0.1) is 0 Å². The van der Waals surface area contributed by atoms with Gasteiger partial charge >= 0.3 is 0 Å². The zero-order chi connectivity index (χ0) is 11.0. The second-order valence-corrected chi connectivity index (χ2v) is 3.57. The van der Waals surface area contributed by atoms with Crippen LogP contribution in [0.15, 0.2) is 18.2 Å². The lowest BCUT2D eigenvalue weighted by Gasteiger charge is -2.35. The minimum Gasteiger partial charge on any atom is -0.504 e. The Morgan fingerprint density at radius 3 is 2.47 bits per heavy atom. The lowest BCUT2D eigenvalue weighted by Crippen LogP contribution is -2.53. The molecule has 1 aliphatic rings. The highest BCUT2D eigenvalue weighted by Gasteiger charge is 2.29. The fourth-order valence-corrected chi connectivity index (χ4v) is 1.46. The summed E-state index contributed by atoms with van der Waals surface area (Å²) in [6.07, 6.45) is -0.445. The van der Waals surface area contributed by atoms with Gasteiger partial charge < -0.3 is 20.2 Å². The number of nitrogens with zero attached hydrogens (tertiary/aromatic N) is 1. The molecule has 0 saturated carbocycles. The SMILES string of the molecule is O=C(c1ccc(O)c(O)c1)N1CC(O)C1. The number of rotatable bonds is 1. The summed E-state index contributed by atoms with van der Waals surface area (Å²) in [6, 6.07) is 3.91. The lowest BCUT2D eigenvalue weighted by atomic mass is 10.1. The van der Waals surface area contributed by atoms with E-state index < -0.39 is 6.10 Å². The average molecular weight is 209 g/mol. The van der Waals surface area contributed by atoms with Crippen molar-refractivity contribution in [3.63, 3.8) is 0 Å². The fraction of sp³-hybridized carbons (Fsp3) is 0.300. The van der Waals surface area contributed by atoms with E-state index in [4.69, 9.17) is 10.2 Å².